The molecule has 0 saturated carbocycles. The molecule has 0 aliphatic carbocycles. The van der Waals surface area contributed by atoms with Crippen molar-refractivity contribution in [2.75, 3.05) is 33.3 Å². The second-order valence-corrected chi connectivity index (χ2v) is 9.04. The number of likely N-dealkylation sites (tertiary alicyclic amines) is 3. The van der Waals surface area contributed by atoms with Gasteiger partial charge < -0.3 is 19.6 Å². The van der Waals surface area contributed by atoms with Crippen molar-refractivity contribution in [1.82, 2.24) is 14.7 Å². The maximum absolute atomic E-state index is 13.0. The van der Waals surface area contributed by atoms with Crippen molar-refractivity contribution in [2.24, 2.45) is 5.92 Å². The number of amides is 2. The van der Waals surface area contributed by atoms with Gasteiger partial charge >= 0.3 is 5.97 Å². The Kier molecular flexibility index (Phi) is 7.16. The molecule has 1 N–H and O–H groups in total. The fraction of sp³-hybridized carbons (Fsp3) is 0.857. The third-order valence-corrected chi connectivity index (χ3v) is 6.56. The van der Waals surface area contributed by atoms with Gasteiger partial charge in [0.1, 0.15) is 18.7 Å². The lowest BCUT2D eigenvalue weighted by molar-refractivity contribution is -0.151. The number of likely N-dealkylation sites (N-methyl/N-ethyl adjacent to an activating group) is 1. The van der Waals surface area contributed by atoms with Gasteiger partial charge in [0.25, 0.3) is 0 Å². The van der Waals surface area contributed by atoms with Crippen LogP contribution in [-0.4, -0.2) is 95.1 Å². The Bertz CT molecular complexity index is 627. The average Bonchev–Trinajstić information content (AvgIpc) is 3.23. The molecule has 5 atom stereocenters. The number of ether oxygens (including phenoxy) is 1. The van der Waals surface area contributed by atoms with Crippen molar-refractivity contribution in [1.29, 1.82) is 0 Å². The number of hydrogen-bond acceptors (Lipinski definition) is 6. The molecule has 3 heterocycles. The molecule has 5 unspecified atom stereocenters. The van der Waals surface area contributed by atoms with Crippen molar-refractivity contribution in [2.45, 2.75) is 76.6 Å². The lowest BCUT2D eigenvalue weighted by Crippen LogP contribution is -2.52. The average molecular weight is 410 g/mol. The number of carbonyl (C=O) groups excluding carboxylic acids is 3. The second kappa shape index (κ2) is 9.43. The largest absolute Gasteiger partial charge is 0.464 e. The number of nitrogens with zero attached hydrogens (tertiary/aromatic N) is 3. The number of rotatable bonds is 5. The summed E-state index contributed by atoms with van der Waals surface area (Å²) in [4.78, 5) is 43.4. The highest BCUT2D eigenvalue weighted by atomic mass is 16.5. The smallest absolute Gasteiger partial charge is 0.323 e. The summed E-state index contributed by atoms with van der Waals surface area (Å²) in [5.74, 6) is -0.152. The van der Waals surface area contributed by atoms with Gasteiger partial charge in [0, 0.05) is 32.1 Å². The highest BCUT2D eigenvalue weighted by Crippen LogP contribution is 2.25. The molecule has 3 aliphatic heterocycles. The van der Waals surface area contributed by atoms with E-state index in [0.717, 1.165) is 32.2 Å². The lowest BCUT2D eigenvalue weighted by Gasteiger charge is -2.37. The molecular weight excluding hydrogens is 374 g/mol. The summed E-state index contributed by atoms with van der Waals surface area (Å²) in [7, 11) is 1.91. The Balaban J connectivity index is 1.52. The summed E-state index contributed by atoms with van der Waals surface area (Å²) in [5.41, 5.74) is 0. The molecule has 0 radical (unpaired) electrons. The quantitative estimate of drug-likeness (QED) is 0.670. The van der Waals surface area contributed by atoms with Crippen LogP contribution in [0.5, 0.6) is 0 Å². The monoisotopic (exact) mass is 409 g/mol. The molecular formula is C21H35N3O5. The zero-order chi connectivity index (χ0) is 21.1. The van der Waals surface area contributed by atoms with E-state index in [1.165, 1.54) is 4.90 Å². The molecule has 0 aromatic rings. The minimum atomic E-state index is -0.691. The summed E-state index contributed by atoms with van der Waals surface area (Å²) >= 11 is 0. The second-order valence-electron chi connectivity index (χ2n) is 9.04. The zero-order valence-corrected chi connectivity index (χ0v) is 17.9. The third kappa shape index (κ3) is 5.09. The number of β-amino-alcohol motifs (C(OH)–C–C–N with tert-alkyl or cyclic N) is 1. The van der Waals surface area contributed by atoms with Gasteiger partial charge in [-0.15, -0.1) is 0 Å². The van der Waals surface area contributed by atoms with E-state index in [9.17, 15) is 19.5 Å². The predicted molar refractivity (Wildman–Crippen MR) is 107 cm³/mol. The molecule has 29 heavy (non-hydrogen) atoms. The molecule has 3 fully saturated rings. The Morgan fingerprint density at radius 1 is 1.03 bits per heavy atom. The minimum Gasteiger partial charge on any atom is -0.464 e. The first-order valence-electron chi connectivity index (χ1n) is 10.9. The summed E-state index contributed by atoms with van der Waals surface area (Å²) < 4.78 is 5.34. The van der Waals surface area contributed by atoms with Gasteiger partial charge in [0.2, 0.25) is 11.8 Å². The summed E-state index contributed by atoms with van der Waals surface area (Å²) in [5, 5.41) is 10.1. The molecule has 3 rings (SSSR count). The first-order chi connectivity index (χ1) is 13.8. The van der Waals surface area contributed by atoms with E-state index in [1.807, 2.05) is 23.8 Å². The Labute approximate surface area is 173 Å². The van der Waals surface area contributed by atoms with Crippen molar-refractivity contribution in [3.63, 3.8) is 0 Å². The van der Waals surface area contributed by atoms with Crippen LogP contribution < -0.4 is 0 Å². The maximum atomic E-state index is 13.0. The van der Waals surface area contributed by atoms with E-state index in [2.05, 4.69) is 6.92 Å². The van der Waals surface area contributed by atoms with Crippen molar-refractivity contribution < 1.29 is 24.2 Å². The van der Waals surface area contributed by atoms with E-state index in [0.29, 0.717) is 12.5 Å². The molecule has 8 nitrogen and oxygen atoms in total. The van der Waals surface area contributed by atoms with Crippen molar-refractivity contribution in [3.05, 3.63) is 0 Å². The van der Waals surface area contributed by atoms with Gasteiger partial charge in [-0.1, -0.05) is 6.92 Å². The van der Waals surface area contributed by atoms with E-state index in [-0.39, 0.29) is 55.9 Å². The molecule has 164 valence electrons. The molecule has 3 aliphatic rings. The molecule has 8 heteroatoms. The van der Waals surface area contributed by atoms with Gasteiger partial charge in [-0.3, -0.25) is 19.3 Å². The SMILES string of the molecule is CC1CC(C(=O)OCCC(=O)N2CC(O)CC2C(=O)N2CCCCC2C)N(C)C1. The fourth-order valence-electron chi connectivity index (χ4n) is 4.95. The van der Waals surface area contributed by atoms with Crippen LogP contribution in [0.3, 0.4) is 0 Å². The fourth-order valence-corrected chi connectivity index (χ4v) is 4.95. The molecule has 0 bridgehead atoms. The van der Waals surface area contributed by atoms with Crippen molar-refractivity contribution in [3.8, 4) is 0 Å². The van der Waals surface area contributed by atoms with Crippen LogP contribution >= 0.6 is 0 Å². The number of aliphatic hydroxyl groups is 1. The van der Waals surface area contributed by atoms with Crippen LogP contribution in [0.2, 0.25) is 0 Å². The van der Waals surface area contributed by atoms with Crippen LogP contribution in [0.25, 0.3) is 0 Å². The van der Waals surface area contributed by atoms with Crippen molar-refractivity contribution >= 4 is 17.8 Å². The first-order valence-corrected chi connectivity index (χ1v) is 10.9. The third-order valence-electron chi connectivity index (χ3n) is 6.56. The Hall–Kier alpha value is -1.67. The number of aliphatic hydroxyl groups excluding tert-OH is 1. The van der Waals surface area contributed by atoms with E-state index >= 15 is 0 Å². The van der Waals surface area contributed by atoms with Crippen LogP contribution in [0.15, 0.2) is 0 Å². The van der Waals surface area contributed by atoms with Gasteiger partial charge in [-0.05, 0) is 45.6 Å². The molecule has 0 aromatic heterocycles. The van der Waals surface area contributed by atoms with Gasteiger partial charge in [0.05, 0.1) is 12.5 Å². The van der Waals surface area contributed by atoms with E-state index in [4.69, 9.17) is 4.74 Å². The lowest BCUT2D eigenvalue weighted by atomic mass is 10.0. The number of piperidine rings is 1. The number of esters is 1. The van der Waals surface area contributed by atoms with Crippen LogP contribution in [0.1, 0.15) is 52.4 Å². The maximum Gasteiger partial charge on any atom is 0.323 e. The Morgan fingerprint density at radius 3 is 2.45 bits per heavy atom. The number of carbonyl (C=O) groups is 3. The molecule has 3 saturated heterocycles. The Morgan fingerprint density at radius 2 is 1.79 bits per heavy atom. The summed E-state index contributed by atoms with van der Waals surface area (Å²) in [6.07, 6.45) is 3.45. The highest BCUT2D eigenvalue weighted by Gasteiger charge is 2.42. The number of hydrogen-bond donors (Lipinski definition) is 1. The van der Waals surface area contributed by atoms with Gasteiger partial charge in [-0.2, -0.15) is 0 Å². The summed E-state index contributed by atoms with van der Waals surface area (Å²) in [6.45, 7) is 5.88. The van der Waals surface area contributed by atoms with Gasteiger partial charge in [0.15, 0.2) is 0 Å². The van der Waals surface area contributed by atoms with Crippen LogP contribution in [0, 0.1) is 5.92 Å². The van der Waals surface area contributed by atoms with E-state index in [1.54, 1.807) is 0 Å². The predicted octanol–water partition coefficient (Wildman–Crippen LogP) is 0.623. The van der Waals surface area contributed by atoms with E-state index < -0.39 is 12.1 Å². The summed E-state index contributed by atoms with van der Waals surface area (Å²) in [6, 6.07) is -0.697. The zero-order valence-electron chi connectivity index (χ0n) is 17.9. The normalized spacial score (nSPS) is 33.2. The molecule has 2 amide bonds. The topological polar surface area (TPSA) is 90.4 Å². The molecule has 0 aromatic carbocycles. The van der Waals surface area contributed by atoms with Crippen LogP contribution in [0.4, 0.5) is 0 Å². The first kappa shape index (κ1) is 22.0. The minimum absolute atomic E-state index is 0.00398. The van der Waals surface area contributed by atoms with Gasteiger partial charge in [-0.25, -0.2) is 0 Å². The van der Waals surface area contributed by atoms with Crippen LogP contribution in [-0.2, 0) is 19.1 Å². The standard InChI is InChI=1S/C21H35N3O5/c1-14-10-18(22(3)12-14)21(28)29-9-7-19(26)24-13-16(25)11-17(24)20(27)23-8-5-4-6-15(23)2/h14-18,25H,4-13H2,1-3H3. The molecule has 0 spiro atoms. The highest BCUT2D eigenvalue weighted by molar-refractivity contribution is 5.89.